The average Bonchev–Trinajstić information content (AvgIpc) is 2.34. The number of hydrogen-bond donors (Lipinski definition) is 2. The van der Waals surface area contributed by atoms with Crippen LogP contribution in [0.5, 0.6) is 11.5 Å². The van der Waals surface area contributed by atoms with E-state index >= 15 is 0 Å². The van der Waals surface area contributed by atoms with Gasteiger partial charge in [0, 0.05) is 12.3 Å². The number of hydrogen-bond acceptors (Lipinski definition) is 3. The number of nitrogen functional groups attached to an aromatic ring is 1. The number of ether oxygens (including phenoxy) is 1. The first-order valence-corrected chi connectivity index (χ1v) is 5.79. The van der Waals surface area contributed by atoms with Gasteiger partial charge in [0.2, 0.25) is 0 Å². The van der Waals surface area contributed by atoms with Crippen molar-refractivity contribution in [1.82, 2.24) is 4.98 Å². The van der Waals surface area contributed by atoms with Gasteiger partial charge in [0.1, 0.15) is 23.1 Å². The smallest absolute Gasteiger partial charge is 0.156 e. The molecule has 0 saturated carbocycles. The summed E-state index contributed by atoms with van der Waals surface area (Å²) >= 11 is 3.25. The van der Waals surface area contributed by atoms with Crippen LogP contribution in [-0.2, 0) is 0 Å². The van der Waals surface area contributed by atoms with Gasteiger partial charge in [-0.3, -0.25) is 5.41 Å². The maximum Gasteiger partial charge on any atom is 0.156 e. The second kappa shape index (κ2) is 5.14. The first kappa shape index (κ1) is 12.5. The number of aromatic nitrogens is 1. The minimum Gasteiger partial charge on any atom is -0.454 e. The Kier molecular flexibility index (Phi) is 3.57. The molecule has 1 aromatic heterocycles. The van der Waals surface area contributed by atoms with Gasteiger partial charge >= 0.3 is 0 Å². The molecule has 0 saturated heterocycles. The van der Waals surface area contributed by atoms with E-state index in [-0.39, 0.29) is 11.5 Å². The van der Waals surface area contributed by atoms with Gasteiger partial charge in [0.15, 0.2) is 5.75 Å². The second-order valence-corrected chi connectivity index (χ2v) is 4.29. The Hall–Kier alpha value is -1.95. The van der Waals surface area contributed by atoms with E-state index in [1.807, 2.05) is 0 Å². The molecule has 4 nitrogen and oxygen atoms in total. The maximum atomic E-state index is 13.1. The summed E-state index contributed by atoms with van der Waals surface area (Å²) in [4.78, 5) is 3.94. The van der Waals surface area contributed by atoms with Crippen molar-refractivity contribution in [2.45, 2.75) is 0 Å². The van der Waals surface area contributed by atoms with Crippen LogP contribution in [0.4, 0.5) is 4.39 Å². The first-order chi connectivity index (χ1) is 8.58. The van der Waals surface area contributed by atoms with Crippen molar-refractivity contribution in [1.29, 1.82) is 5.41 Å². The van der Waals surface area contributed by atoms with Crippen molar-refractivity contribution >= 4 is 21.8 Å². The molecule has 0 aliphatic carbocycles. The number of nitrogens with two attached hydrogens (primary N) is 1. The predicted octanol–water partition coefficient (Wildman–Crippen LogP) is 3.06. The normalized spacial score (nSPS) is 10.1. The lowest BCUT2D eigenvalue weighted by molar-refractivity contribution is 0.470. The van der Waals surface area contributed by atoms with Gasteiger partial charge in [0.25, 0.3) is 0 Å². The second-order valence-electron chi connectivity index (χ2n) is 3.44. The largest absolute Gasteiger partial charge is 0.454 e. The number of nitrogens with zero attached hydrogens (tertiary/aromatic N) is 1. The zero-order valence-corrected chi connectivity index (χ0v) is 10.7. The standard InChI is InChI=1S/C12H9BrFN3O/c13-8-4-3-7(14)6-10(8)18-9-2-1-5-17-11(9)12(15)16/h1-6H,(H3,15,16). The zero-order valence-electron chi connectivity index (χ0n) is 9.15. The number of rotatable bonds is 3. The molecule has 1 aromatic carbocycles. The summed E-state index contributed by atoms with van der Waals surface area (Å²) in [6.45, 7) is 0. The van der Waals surface area contributed by atoms with Gasteiger partial charge in [-0.25, -0.2) is 9.37 Å². The number of pyridine rings is 1. The van der Waals surface area contributed by atoms with Crippen LogP contribution in [0.1, 0.15) is 5.69 Å². The van der Waals surface area contributed by atoms with Gasteiger partial charge in [0.05, 0.1) is 4.47 Å². The highest BCUT2D eigenvalue weighted by atomic mass is 79.9. The molecular weight excluding hydrogens is 301 g/mol. The highest BCUT2D eigenvalue weighted by molar-refractivity contribution is 9.10. The van der Waals surface area contributed by atoms with E-state index < -0.39 is 5.82 Å². The van der Waals surface area contributed by atoms with E-state index in [2.05, 4.69) is 20.9 Å². The molecule has 18 heavy (non-hydrogen) atoms. The molecule has 92 valence electrons. The van der Waals surface area contributed by atoms with E-state index in [1.54, 1.807) is 12.1 Å². The van der Waals surface area contributed by atoms with Gasteiger partial charge in [-0.05, 0) is 40.2 Å². The van der Waals surface area contributed by atoms with Crippen molar-refractivity contribution in [2.75, 3.05) is 0 Å². The third-order valence-corrected chi connectivity index (χ3v) is 2.79. The summed E-state index contributed by atoms with van der Waals surface area (Å²) in [6.07, 6.45) is 1.50. The van der Waals surface area contributed by atoms with Gasteiger partial charge in [-0.1, -0.05) is 0 Å². The summed E-state index contributed by atoms with van der Waals surface area (Å²) in [5, 5.41) is 7.39. The van der Waals surface area contributed by atoms with Crippen LogP contribution in [0.3, 0.4) is 0 Å². The molecule has 6 heteroatoms. The summed E-state index contributed by atoms with van der Waals surface area (Å²) in [5.41, 5.74) is 5.61. The monoisotopic (exact) mass is 309 g/mol. The molecule has 0 spiro atoms. The number of benzene rings is 1. The summed E-state index contributed by atoms with van der Waals surface area (Å²) in [7, 11) is 0. The summed E-state index contributed by atoms with van der Waals surface area (Å²) < 4.78 is 19.2. The molecule has 3 N–H and O–H groups in total. The van der Waals surface area contributed by atoms with Crippen molar-refractivity contribution in [3.05, 3.63) is 52.5 Å². The molecule has 0 bridgehead atoms. The molecule has 0 aliphatic heterocycles. The maximum absolute atomic E-state index is 13.1. The summed E-state index contributed by atoms with van der Waals surface area (Å²) in [5.74, 6) is -0.0265. The van der Waals surface area contributed by atoms with Gasteiger partial charge < -0.3 is 10.5 Å². The lowest BCUT2D eigenvalue weighted by atomic mass is 10.3. The fraction of sp³-hybridized carbons (Fsp3) is 0. The minimum absolute atomic E-state index is 0.210. The van der Waals surface area contributed by atoms with Crippen LogP contribution >= 0.6 is 15.9 Å². The SMILES string of the molecule is N=C(N)c1ncccc1Oc1cc(F)ccc1Br. The molecule has 0 radical (unpaired) electrons. The van der Waals surface area contributed by atoms with Crippen LogP contribution in [0.15, 0.2) is 41.0 Å². The average molecular weight is 310 g/mol. The van der Waals surface area contributed by atoms with Gasteiger partial charge in [-0.15, -0.1) is 0 Å². The first-order valence-electron chi connectivity index (χ1n) is 5.00. The Labute approximate surface area is 111 Å². The fourth-order valence-corrected chi connectivity index (χ4v) is 1.68. The van der Waals surface area contributed by atoms with Gasteiger partial charge in [-0.2, -0.15) is 0 Å². The molecule has 2 rings (SSSR count). The highest BCUT2D eigenvalue weighted by Gasteiger charge is 2.11. The topological polar surface area (TPSA) is 72.0 Å². The molecule has 2 aromatic rings. The van der Waals surface area contributed by atoms with E-state index in [0.717, 1.165) is 0 Å². The number of nitrogens with one attached hydrogen (secondary N) is 1. The van der Waals surface area contributed by atoms with Crippen molar-refractivity contribution in [2.24, 2.45) is 5.73 Å². The van der Waals surface area contributed by atoms with E-state index in [4.69, 9.17) is 15.9 Å². The van der Waals surface area contributed by atoms with E-state index in [0.29, 0.717) is 16.0 Å². The van der Waals surface area contributed by atoms with Crippen LogP contribution in [0, 0.1) is 11.2 Å². The molecule has 0 aliphatic rings. The van der Waals surface area contributed by atoms with Crippen LogP contribution in [-0.4, -0.2) is 10.8 Å². The van der Waals surface area contributed by atoms with Crippen LogP contribution in [0.25, 0.3) is 0 Å². The Morgan fingerprint density at radius 2 is 2.11 bits per heavy atom. The molecule has 1 heterocycles. The minimum atomic E-state index is -0.415. The van der Waals surface area contributed by atoms with Crippen molar-refractivity contribution in [3.63, 3.8) is 0 Å². The lowest BCUT2D eigenvalue weighted by Gasteiger charge is -2.10. The molecular formula is C12H9BrFN3O. The highest BCUT2D eigenvalue weighted by Crippen LogP contribution is 2.31. The Morgan fingerprint density at radius 3 is 2.83 bits per heavy atom. The Morgan fingerprint density at radius 1 is 1.33 bits per heavy atom. The zero-order chi connectivity index (χ0) is 13.1. The summed E-state index contributed by atoms with van der Waals surface area (Å²) in [6, 6.07) is 7.34. The number of amidine groups is 1. The molecule has 0 fully saturated rings. The fourth-order valence-electron chi connectivity index (χ4n) is 1.35. The van der Waals surface area contributed by atoms with Crippen molar-refractivity contribution < 1.29 is 9.13 Å². The molecule has 0 amide bonds. The predicted molar refractivity (Wildman–Crippen MR) is 69.4 cm³/mol. The third kappa shape index (κ3) is 2.65. The molecule has 0 atom stereocenters. The van der Waals surface area contributed by atoms with Crippen LogP contribution in [0.2, 0.25) is 0 Å². The van der Waals surface area contributed by atoms with E-state index in [1.165, 1.54) is 24.4 Å². The molecule has 0 unspecified atom stereocenters. The lowest BCUT2D eigenvalue weighted by Crippen LogP contribution is -2.14. The van der Waals surface area contributed by atoms with Crippen molar-refractivity contribution in [3.8, 4) is 11.5 Å². The van der Waals surface area contributed by atoms with Crippen LogP contribution < -0.4 is 10.5 Å². The Bertz CT molecular complexity index is 604. The Balaban J connectivity index is 2.40. The number of halogens is 2. The third-order valence-electron chi connectivity index (χ3n) is 2.14. The quantitative estimate of drug-likeness (QED) is 0.676. The van der Waals surface area contributed by atoms with E-state index in [9.17, 15) is 4.39 Å².